The average Bonchev–Trinajstić information content (AvgIpc) is 3.21. The Hall–Kier alpha value is -2.43. The van der Waals surface area contributed by atoms with Gasteiger partial charge in [0.05, 0.1) is 5.70 Å². The van der Waals surface area contributed by atoms with Crippen LogP contribution in [0, 0.1) is 6.92 Å². The monoisotopic (exact) mass is 408 g/mol. The van der Waals surface area contributed by atoms with Crippen LogP contribution in [0.15, 0.2) is 52.2 Å². The smallest absolute Gasteiger partial charge is 0.329 e. The van der Waals surface area contributed by atoms with Crippen LogP contribution in [0.4, 0.5) is 8.63 Å². The number of hydrogen-bond acceptors (Lipinski definition) is 1. The molecule has 0 amide bonds. The zero-order chi connectivity index (χ0) is 22.0. The lowest BCUT2D eigenvalue weighted by Crippen LogP contribution is -2.19. The van der Waals surface area contributed by atoms with E-state index in [0.29, 0.717) is 17.8 Å². The largest absolute Gasteiger partial charge is 0.677 e. The van der Waals surface area contributed by atoms with Crippen LogP contribution in [0.3, 0.4) is 0 Å². The van der Waals surface area contributed by atoms with Gasteiger partial charge >= 0.3 is 7.40 Å². The van der Waals surface area contributed by atoms with Crippen molar-refractivity contribution in [1.82, 2.24) is 4.48 Å². The maximum atomic E-state index is 14.4. The molecular weight excluding hydrogens is 377 g/mol. The van der Waals surface area contributed by atoms with Gasteiger partial charge in [-0.1, -0.05) is 58.0 Å². The van der Waals surface area contributed by atoms with Gasteiger partial charge in [-0.15, -0.1) is 0 Å². The maximum Gasteiger partial charge on any atom is 0.677 e. The quantitative estimate of drug-likeness (QED) is 0.437. The lowest BCUT2D eigenvalue weighted by molar-refractivity contribution is 0.623. The van der Waals surface area contributed by atoms with Crippen LogP contribution < -0.4 is 0 Å². The number of halogens is 2. The molecular formula is C25H31BF2N2. The Labute approximate surface area is 179 Å². The van der Waals surface area contributed by atoms with Gasteiger partial charge in [-0.25, -0.2) is 0 Å². The van der Waals surface area contributed by atoms with Crippen molar-refractivity contribution in [2.75, 3.05) is 0 Å². The van der Waals surface area contributed by atoms with Gasteiger partial charge < -0.3 is 4.48 Å². The van der Waals surface area contributed by atoms with Crippen molar-refractivity contribution in [2.24, 2.45) is 4.99 Å². The van der Waals surface area contributed by atoms with Gasteiger partial charge in [0.15, 0.2) is 0 Å². The van der Waals surface area contributed by atoms with Gasteiger partial charge in [0.2, 0.25) is 0 Å². The van der Waals surface area contributed by atoms with Crippen LogP contribution in [0.2, 0.25) is 0 Å². The van der Waals surface area contributed by atoms with Crippen molar-refractivity contribution in [1.29, 1.82) is 0 Å². The SMILES string of the molecule is CCC1=C(CC)/C(=C(\c2ccccc2)c2c(CC)c(CC)c(C)n2B(F)F)N=C1C. The molecule has 158 valence electrons. The molecule has 0 saturated heterocycles. The van der Waals surface area contributed by atoms with Crippen LogP contribution >= 0.6 is 0 Å². The van der Waals surface area contributed by atoms with Gasteiger partial charge in [0.25, 0.3) is 0 Å². The molecule has 30 heavy (non-hydrogen) atoms. The Morgan fingerprint density at radius 1 is 0.867 bits per heavy atom. The third-order valence-electron chi connectivity index (χ3n) is 6.20. The van der Waals surface area contributed by atoms with Gasteiger partial charge in [0.1, 0.15) is 0 Å². The highest BCUT2D eigenvalue weighted by atomic mass is 19.2. The first-order valence-corrected chi connectivity index (χ1v) is 11.0. The van der Waals surface area contributed by atoms with E-state index in [2.05, 4.69) is 20.8 Å². The lowest BCUT2D eigenvalue weighted by Gasteiger charge is -2.18. The highest BCUT2D eigenvalue weighted by Crippen LogP contribution is 2.41. The molecule has 3 rings (SSSR count). The third-order valence-corrected chi connectivity index (χ3v) is 6.20. The fourth-order valence-corrected chi connectivity index (χ4v) is 4.90. The fraction of sp³-hybridized carbons (Fsp3) is 0.400. The van der Waals surface area contributed by atoms with Gasteiger partial charge in [-0.3, -0.25) is 13.6 Å². The number of benzene rings is 1. The summed E-state index contributed by atoms with van der Waals surface area (Å²) in [5, 5.41) is 0. The van der Waals surface area contributed by atoms with Gasteiger partial charge in [-0.05, 0) is 67.4 Å². The molecule has 1 aliphatic rings. The van der Waals surface area contributed by atoms with Crippen molar-refractivity contribution in [3.63, 3.8) is 0 Å². The van der Waals surface area contributed by atoms with Gasteiger partial charge in [0, 0.05) is 22.7 Å². The molecule has 0 atom stereocenters. The van der Waals surface area contributed by atoms with Crippen molar-refractivity contribution in [3.05, 3.63) is 75.3 Å². The molecule has 0 bridgehead atoms. The molecule has 0 radical (unpaired) electrons. The summed E-state index contributed by atoms with van der Waals surface area (Å²) in [4.78, 5) is 4.95. The summed E-state index contributed by atoms with van der Waals surface area (Å²) in [6.45, 7) is 12.2. The van der Waals surface area contributed by atoms with Crippen LogP contribution in [-0.2, 0) is 12.8 Å². The molecule has 1 aromatic carbocycles. The van der Waals surface area contributed by atoms with E-state index in [9.17, 15) is 8.63 Å². The molecule has 2 aromatic rings. The summed E-state index contributed by atoms with van der Waals surface area (Å²) >= 11 is 0. The molecule has 0 unspecified atom stereocenters. The van der Waals surface area contributed by atoms with Crippen molar-refractivity contribution >= 4 is 18.7 Å². The molecule has 2 heterocycles. The number of aliphatic imine (C=N–C) groups is 1. The third kappa shape index (κ3) is 3.59. The topological polar surface area (TPSA) is 17.3 Å². The highest BCUT2D eigenvalue weighted by molar-refractivity contribution is 6.41. The number of rotatable bonds is 7. The number of allylic oxidation sites excluding steroid dienone is 2. The van der Waals surface area contributed by atoms with E-state index in [-0.39, 0.29) is 0 Å². The van der Waals surface area contributed by atoms with E-state index < -0.39 is 7.40 Å². The van der Waals surface area contributed by atoms with E-state index in [1.54, 1.807) is 0 Å². The minimum atomic E-state index is -2.60. The average molecular weight is 408 g/mol. The van der Waals surface area contributed by atoms with Crippen LogP contribution in [0.5, 0.6) is 0 Å². The minimum absolute atomic E-state index is 0.628. The van der Waals surface area contributed by atoms with Crippen molar-refractivity contribution in [2.45, 2.75) is 67.2 Å². The Morgan fingerprint density at radius 3 is 1.97 bits per heavy atom. The molecule has 0 fully saturated rings. The summed E-state index contributed by atoms with van der Waals surface area (Å²) in [6.07, 6.45) is 3.15. The zero-order valence-corrected chi connectivity index (χ0v) is 18.9. The Balaban J connectivity index is 2.52. The predicted molar refractivity (Wildman–Crippen MR) is 124 cm³/mol. The van der Waals surface area contributed by atoms with Crippen LogP contribution in [0.1, 0.15) is 75.5 Å². The molecule has 0 saturated carbocycles. The lowest BCUT2D eigenvalue weighted by atomic mass is 9.90. The Morgan fingerprint density at radius 2 is 1.47 bits per heavy atom. The molecule has 1 aromatic heterocycles. The summed E-state index contributed by atoms with van der Waals surface area (Å²) < 4.78 is 30.0. The van der Waals surface area contributed by atoms with Crippen LogP contribution in [-0.4, -0.2) is 17.6 Å². The Kier molecular flexibility index (Phi) is 6.79. The first kappa shape index (κ1) is 22.3. The number of aromatic nitrogens is 1. The second-order valence-corrected chi connectivity index (χ2v) is 7.70. The molecule has 5 heteroatoms. The van der Waals surface area contributed by atoms with Crippen LogP contribution in [0.25, 0.3) is 5.57 Å². The normalized spacial score (nSPS) is 15.7. The van der Waals surface area contributed by atoms with E-state index >= 15 is 0 Å². The summed E-state index contributed by atoms with van der Waals surface area (Å²) in [7, 11) is -2.60. The highest BCUT2D eigenvalue weighted by Gasteiger charge is 2.33. The second kappa shape index (κ2) is 9.15. The summed E-state index contributed by atoms with van der Waals surface area (Å²) in [5.74, 6) is 0. The summed E-state index contributed by atoms with van der Waals surface area (Å²) in [6, 6.07) is 9.90. The molecule has 2 nitrogen and oxygen atoms in total. The second-order valence-electron chi connectivity index (χ2n) is 7.70. The maximum absolute atomic E-state index is 14.4. The molecule has 0 aliphatic carbocycles. The zero-order valence-electron chi connectivity index (χ0n) is 18.9. The van der Waals surface area contributed by atoms with E-state index in [1.165, 1.54) is 15.6 Å². The van der Waals surface area contributed by atoms with E-state index in [1.807, 2.05) is 51.1 Å². The molecule has 0 N–H and O–H groups in total. The van der Waals surface area contributed by atoms with E-state index in [4.69, 9.17) is 4.99 Å². The number of hydrogen-bond donors (Lipinski definition) is 0. The molecule has 0 spiro atoms. The first-order valence-electron chi connectivity index (χ1n) is 11.0. The minimum Gasteiger partial charge on any atom is -0.329 e. The standard InChI is InChI=1S/C25H31BF2N2/c1-7-19-16(5)29-24(21(19)9-3)23(18-14-12-11-13-15-18)25-22(10-4)20(8-2)17(6)30(25)26(27)28/h11-15H,7-10H2,1-6H3/b24-23-. The van der Waals surface area contributed by atoms with E-state index in [0.717, 1.165) is 52.9 Å². The fourth-order valence-electron chi connectivity index (χ4n) is 4.90. The Bertz CT molecular complexity index is 1030. The number of nitrogens with zero attached hydrogens (tertiary/aromatic N) is 2. The first-order chi connectivity index (χ1) is 14.4. The summed E-state index contributed by atoms with van der Waals surface area (Å²) in [5.41, 5.74) is 9.35. The van der Waals surface area contributed by atoms with Crippen molar-refractivity contribution < 1.29 is 8.63 Å². The van der Waals surface area contributed by atoms with Crippen molar-refractivity contribution in [3.8, 4) is 0 Å². The molecule has 1 aliphatic heterocycles. The van der Waals surface area contributed by atoms with Gasteiger partial charge in [-0.2, -0.15) is 0 Å². The predicted octanol–water partition coefficient (Wildman–Crippen LogP) is 7.04.